The summed E-state index contributed by atoms with van der Waals surface area (Å²) in [6.07, 6.45) is 18.6. The molecule has 0 rings (SSSR count). The lowest BCUT2D eigenvalue weighted by Gasteiger charge is -2.10. The van der Waals surface area contributed by atoms with Gasteiger partial charge in [-0.3, -0.25) is 14.0 Å². The molecule has 1 amide bonds. The zero-order valence-electron chi connectivity index (χ0n) is 16.1. The first kappa shape index (κ1) is 24.2. The fourth-order valence-electron chi connectivity index (χ4n) is 2.98. The third kappa shape index (κ3) is 19.4. The number of unbranched alkanes of at least 4 members (excludes halogenated alkanes) is 14. The van der Waals surface area contributed by atoms with Gasteiger partial charge >= 0.3 is 5.97 Å². The van der Waals surface area contributed by atoms with Crippen LogP contribution in [0.25, 0.3) is 0 Å². The molecule has 0 fully saturated rings. The van der Waals surface area contributed by atoms with E-state index in [-0.39, 0.29) is 5.91 Å². The molecule has 0 bridgehead atoms. The molecule has 0 spiro atoms. The molecule has 0 aromatic rings. The maximum absolute atomic E-state index is 10.9. The minimum absolute atomic E-state index is 0.0696. The van der Waals surface area contributed by atoms with E-state index in [1.54, 1.807) is 0 Å². The van der Waals surface area contributed by atoms with Crippen molar-refractivity contribution in [3.8, 4) is 0 Å². The molecule has 0 aromatic carbocycles. The molecule has 1 N–H and O–H groups in total. The second-order valence-corrected chi connectivity index (χ2v) is 7.46. The van der Waals surface area contributed by atoms with Gasteiger partial charge in [0, 0.05) is 31.7 Å². The first-order valence-electron chi connectivity index (χ1n) is 10.2. The number of rotatable bonds is 18. The summed E-state index contributed by atoms with van der Waals surface area (Å²) in [5, 5.41) is 8.55. The lowest BCUT2D eigenvalue weighted by molar-refractivity contribution is -0.137. The number of carboxylic acid groups (broad SMARTS) is 1. The monoisotopic (exact) mass is 375 g/mol. The summed E-state index contributed by atoms with van der Waals surface area (Å²) in [4.78, 5) is 21.3. The molecular formula is C20H38ClNO3. The highest BCUT2D eigenvalue weighted by molar-refractivity contribution is 6.20. The van der Waals surface area contributed by atoms with E-state index in [0.717, 1.165) is 25.7 Å². The smallest absolute Gasteiger partial charge is 0.303 e. The lowest BCUT2D eigenvalue weighted by Crippen LogP contribution is -2.18. The molecule has 0 atom stereocenters. The number of amides is 1. The standard InChI is InChI=1S/C20H38ClNO3/c1-19(23)22(21)18-16-14-12-10-8-6-4-2-3-5-7-9-11-13-15-17-20(24)25/h2-18H2,1H3,(H,24,25). The number of hydrogen-bond acceptors (Lipinski definition) is 2. The van der Waals surface area contributed by atoms with Gasteiger partial charge in [0.2, 0.25) is 5.91 Å². The normalized spacial score (nSPS) is 10.8. The van der Waals surface area contributed by atoms with Crippen molar-refractivity contribution in [2.45, 2.75) is 110 Å². The van der Waals surface area contributed by atoms with Gasteiger partial charge in [0.05, 0.1) is 0 Å². The molecule has 0 heterocycles. The van der Waals surface area contributed by atoms with Crippen molar-refractivity contribution < 1.29 is 14.7 Å². The van der Waals surface area contributed by atoms with Crippen molar-refractivity contribution >= 4 is 23.7 Å². The van der Waals surface area contributed by atoms with Crippen LogP contribution in [0.5, 0.6) is 0 Å². The van der Waals surface area contributed by atoms with Gasteiger partial charge < -0.3 is 5.11 Å². The van der Waals surface area contributed by atoms with Crippen LogP contribution in [0.2, 0.25) is 0 Å². The SMILES string of the molecule is CC(=O)N(Cl)CCCCCCCCCCCCCCCCCC(=O)O. The van der Waals surface area contributed by atoms with Crippen LogP contribution < -0.4 is 0 Å². The van der Waals surface area contributed by atoms with E-state index in [1.807, 2.05) is 0 Å². The Labute approximate surface area is 159 Å². The van der Waals surface area contributed by atoms with Crippen LogP contribution in [0.15, 0.2) is 0 Å². The molecular weight excluding hydrogens is 338 g/mol. The molecule has 0 saturated heterocycles. The number of halogens is 1. The van der Waals surface area contributed by atoms with Crippen LogP contribution >= 0.6 is 11.8 Å². The van der Waals surface area contributed by atoms with Crippen molar-refractivity contribution in [3.05, 3.63) is 0 Å². The molecule has 0 aliphatic carbocycles. The highest BCUT2D eigenvalue weighted by Crippen LogP contribution is 2.14. The zero-order chi connectivity index (χ0) is 18.8. The molecule has 5 heteroatoms. The molecule has 148 valence electrons. The zero-order valence-corrected chi connectivity index (χ0v) is 16.9. The van der Waals surface area contributed by atoms with E-state index in [9.17, 15) is 9.59 Å². The largest absolute Gasteiger partial charge is 0.481 e. The summed E-state index contributed by atoms with van der Waals surface area (Å²) >= 11 is 5.75. The summed E-state index contributed by atoms with van der Waals surface area (Å²) < 4.78 is 1.27. The topological polar surface area (TPSA) is 57.6 Å². The van der Waals surface area contributed by atoms with E-state index in [1.165, 1.54) is 82.0 Å². The third-order valence-electron chi connectivity index (χ3n) is 4.59. The highest BCUT2D eigenvalue weighted by Gasteiger charge is 2.03. The molecule has 25 heavy (non-hydrogen) atoms. The predicted molar refractivity (Wildman–Crippen MR) is 105 cm³/mol. The first-order chi connectivity index (χ1) is 12.0. The van der Waals surface area contributed by atoms with E-state index < -0.39 is 5.97 Å². The Morgan fingerprint density at radius 2 is 1.00 bits per heavy atom. The molecule has 4 nitrogen and oxygen atoms in total. The van der Waals surface area contributed by atoms with Gasteiger partial charge in [0.1, 0.15) is 0 Å². The number of carbonyl (C=O) groups excluding carboxylic acids is 1. The van der Waals surface area contributed by atoms with Gasteiger partial charge in [0.25, 0.3) is 0 Å². The Morgan fingerprint density at radius 1 is 0.680 bits per heavy atom. The second-order valence-electron chi connectivity index (χ2n) is 7.05. The second kappa shape index (κ2) is 18.0. The summed E-state index contributed by atoms with van der Waals surface area (Å²) in [6.45, 7) is 2.16. The van der Waals surface area contributed by atoms with E-state index in [0.29, 0.717) is 13.0 Å². The van der Waals surface area contributed by atoms with E-state index >= 15 is 0 Å². The van der Waals surface area contributed by atoms with Gasteiger partial charge in [0.15, 0.2) is 0 Å². The van der Waals surface area contributed by atoms with Crippen LogP contribution in [0.4, 0.5) is 0 Å². The fraction of sp³-hybridized carbons (Fsp3) is 0.900. The molecule has 0 radical (unpaired) electrons. The first-order valence-corrected chi connectivity index (χ1v) is 10.5. The van der Waals surface area contributed by atoms with Crippen LogP contribution in [0.1, 0.15) is 110 Å². The minimum atomic E-state index is -0.671. The molecule has 0 aromatic heterocycles. The number of nitrogens with zero attached hydrogens (tertiary/aromatic N) is 1. The number of carbonyl (C=O) groups is 2. The molecule has 0 aliphatic rings. The highest BCUT2D eigenvalue weighted by atomic mass is 35.5. The van der Waals surface area contributed by atoms with Crippen LogP contribution in [-0.4, -0.2) is 27.9 Å². The van der Waals surface area contributed by atoms with Crippen molar-refractivity contribution in [2.75, 3.05) is 6.54 Å². The van der Waals surface area contributed by atoms with Crippen LogP contribution in [0.3, 0.4) is 0 Å². The van der Waals surface area contributed by atoms with Crippen molar-refractivity contribution in [1.29, 1.82) is 0 Å². The minimum Gasteiger partial charge on any atom is -0.481 e. The van der Waals surface area contributed by atoms with Crippen LogP contribution in [0, 0.1) is 0 Å². The maximum Gasteiger partial charge on any atom is 0.303 e. The van der Waals surface area contributed by atoms with Gasteiger partial charge in [-0.2, -0.15) is 0 Å². The summed E-state index contributed by atoms with van der Waals surface area (Å²) in [7, 11) is 0. The van der Waals surface area contributed by atoms with Gasteiger partial charge in [-0.1, -0.05) is 83.5 Å². The maximum atomic E-state index is 10.9. The van der Waals surface area contributed by atoms with E-state index in [4.69, 9.17) is 16.9 Å². The fourth-order valence-corrected chi connectivity index (χ4v) is 3.10. The molecule has 0 unspecified atom stereocenters. The Kier molecular flexibility index (Phi) is 17.5. The number of carboxylic acids is 1. The number of aliphatic carboxylic acids is 1. The van der Waals surface area contributed by atoms with Gasteiger partial charge in [-0.25, -0.2) is 0 Å². The summed E-state index contributed by atoms with van der Waals surface area (Å²) in [5.74, 6) is -0.741. The van der Waals surface area contributed by atoms with Crippen molar-refractivity contribution in [1.82, 2.24) is 4.42 Å². The third-order valence-corrected chi connectivity index (χ3v) is 4.99. The Hall–Kier alpha value is -0.770. The average Bonchev–Trinajstić information content (AvgIpc) is 2.57. The molecule has 0 saturated carbocycles. The summed E-state index contributed by atoms with van der Waals surface area (Å²) in [6, 6.07) is 0. The molecule has 0 aliphatic heterocycles. The van der Waals surface area contributed by atoms with Gasteiger partial charge in [-0.15, -0.1) is 0 Å². The quantitative estimate of drug-likeness (QED) is 0.225. The van der Waals surface area contributed by atoms with E-state index in [2.05, 4.69) is 0 Å². The summed E-state index contributed by atoms with van der Waals surface area (Å²) in [5.41, 5.74) is 0. The van der Waals surface area contributed by atoms with Gasteiger partial charge in [-0.05, 0) is 12.8 Å². The Morgan fingerprint density at radius 3 is 1.32 bits per heavy atom. The van der Waals surface area contributed by atoms with Crippen molar-refractivity contribution in [2.24, 2.45) is 0 Å². The van der Waals surface area contributed by atoms with Crippen LogP contribution in [-0.2, 0) is 9.59 Å². The Bertz CT molecular complexity index is 337. The predicted octanol–water partition coefficient (Wildman–Crippen LogP) is 6.31. The number of hydrogen-bond donors (Lipinski definition) is 1. The Balaban J connectivity index is 3.07. The van der Waals surface area contributed by atoms with Crippen molar-refractivity contribution in [3.63, 3.8) is 0 Å². The average molecular weight is 376 g/mol. The lowest BCUT2D eigenvalue weighted by atomic mass is 10.0.